The molecule has 0 saturated carbocycles. The molecule has 0 heterocycles. The summed E-state index contributed by atoms with van der Waals surface area (Å²) in [5.74, 6) is -0.125. The molecule has 3 nitrogen and oxygen atoms in total. The molecule has 1 aromatic rings. The summed E-state index contributed by atoms with van der Waals surface area (Å²) in [5.41, 5.74) is 0.196. The zero-order valence-electron chi connectivity index (χ0n) is 11.1. The fourth-order valence-corrected chi connectivity index (χ4v) is 1.58. The maximum Gasteiger partial charge on any atom is 0.406 e. The Hall–Kier alpha value is -1.98. The van der Waals surface area contributed by atoms with Crippen molar-refractivity contribution < 1.29 is 22.7 Å². The van der Waals surface area contributed by atoms with E-state index in [9.17, 15) is 18.0 Å². The normalized spacial score (nSPS) is 11.0. The van der Waals surface area contributed by atoms with E-state index < -0.39 is 18.6 Å². The van der Waals surface area contributed by atoms with Crippen LogP contribution in [0.2, 0.25) is 0 Å². The monoisotopic (exact) mass is 287 g/mol. The maximum atomic E-state index is 12.3. The summed E-state index contributed by atoms with van der Waals surface area (Å²) >= 11 is 0. The number of hydrogen-bond acceptors (Lipinski definition) is 2. The van der Waals surface area contributed by atoms with Gasteiger partial charge in [0.15, 0.2) is 0 Å². The van der Waals surface area contributed by atoms with Crippen molar-refractivity contribution in [1.29, 1.82) is 0 Å². The van der Waals surface area contributed by atoms with Crippen molar-refractivity contribution in [1.82, 2.24) is 4.90 Å². The Bertz CT molecular complexity index is 454. The van der Waals surface area contributed by atoms with Crippen LogP contribution in [0, 0.1) is 0 Å². The second kappa shape index (κ2) is 6.98. The van der Waals surface area contributed by atoms with Gasteiger partial charge in [0.2, 0.25) is 0 Å². The molecule has 1 rings (SSSR count). The average Bonchev–Trinajstić information content (AvgIpc) is 2.41. The number of carbonyl (C=O) groups excluding carboxylic acids is 1. The minimum Gasteiger partial charge on any atom is -0.490 e. The molecule has 0 fully saturated rings. The predicted molar refractivity (Wildman–Crippen MR) is 69.8 cm³/mol. The summed E-state index contributed by atoms with van der Waals surface area (Å²) in [5, 5.41) is 0. The van der Waals surface area contributed by atoms with Crippen molar-refractivity contribution in [2.75, 3.05) is 19.7 Å². The van der Waals surface area contributed by atoms with Gasteiger partial charge >= 0.3 is 6.18 Å². The Labute approximate surface area is 115 Å². The first-order valence-electron chi connectivity index (χ1n) is 6.07. The number of alkyl halides is 3. The van der Waals surface area contributed by atoms with E-state index >= 15 is 0 Å². The number of ether oxygens (including phenoxy) is 1. The molecule has 0 aliphatic heterocycles. The molecule has 0 bridgehead atoms. The van der Waals surface area contributed by atoms with E-state index in [0.717, 1.165) is 4.90 Å². The van der Waals surface area contributed by atoms with Gasteiger partial charge in [-0.3, -0.25) is 4.79 Å². The second-order valence-corrected chi connectivity index (χ2v) is 4.06. The molecule has 0 aliphatic carbocycles. The van der Waals surface area contributed by atoms with Crippen LogP contribution in [0.25, 0.3) is 0 Å². The zero-order valence-corrected chi connectivity index (χ0v) is 11.1. The number of amides is 1. The van der Waals surface area contributed by atoms with Gasteiger partial charge in [0, 0.05) is 12.1 Å². The first-order chi connectivity index (χ1) is 9.37. The van der Waals surface area contributed by atoms with Crippen molar-refractivity contribution in [2.24, 2.45) is 0 Å². The summed E-state index contributed by atoms with van der Waals surface area (Å²) in [4.78, 5) is 12.7. The highest BCUT2D eigenvalue weighted by Crippen LogP contribution is 2.19. The Morgan fingerprint density at radius 2 is 1.95 bits per heavy atom. The first kappa shape index (κ1) is 16.1. The molecule has 1 amide bonds. The van der Waals surface area contributed by atoms with Crippen molar-refractivity contribution >= 4 is 5.91 Å². The summed E-state index contributed by atoms with van der Waals surface area (Å²) in [7, 11) is 0. The van der Waals surface area contributed by atoms with E-state index in [0.29, 0.717) is 12.4 Å². The molecule has 0 aliphatic rings. The van der Waals surface area contributed by atoms with Crippen LogP contribution in [0.15, 0.2) is 36.9 Å². The van der Waals surface area contributed by atoms with Gasteiger partial charge < -0.3 is 9.64 Å². The molecular formula is C14H16F3NO2. The minimum atomic E-state index is -4.40. The fourth-order valence-electron chi connectivity index (χ4n) is 1.58. The minimum absolute atomic E-state index is 0.00689. The van der Waals surface area contributed by atoms with Gasteiger partial charge in [-0.2, -0.15) is 13.2 Å². The predicted octanol–water partition coefficient (Wildman–Crippen LogP) is 3.28. The molecule has 0 aromatic heterocycles. The van der Waals surface area contributed by atoms with Crippen molar-refractivity contribution in [3.63, 3.8) is 0 Å². The summed E-state index contributed by atoms with van der Waals surface area (Å²) < 4.78 is 42.3. The fraction of sp³-hybridized carbons (Fsp3) is 0.357. The van der Waals surface area contributed by atoms with E-state index in [1.54, 1.807) is 6.08 Å². The second-order valence-electron chi connectivity index (χ2n) is 4.06. The molecule has 0 radical (unpaired) electrons. The topological polar surface area (TPSA) is 29.5 Å². The SMILES string of the molecule is C=CCOc1ccc(C(=O)N(CC)CC(F)(F)F)cc1. The van der Waals surface area contributed by atoms with Crippen LogP contribution >= 0.6 is 0 Å². The van der Waals surface area contributed by atoms with Gasteiger partial charge in [0.25, 0.3) is 5.91 Å². The Morgan fingerprint density at radius 1 is 1.35 bits per heavy atom. The largest absolute Gasteiger partial charge is 0.490 e. The van der Waals surface area contributed by atoms with Crippen LogP contribution < -0.4 is 4.74 Å². The highest BCUT2D eigenvalue weighted by atomic mass is 19.4. The van der Waals surface area contributed by atoms with E-state index in [1.165, 1.54) is 31.2 Å². The molecule has 0 atom stereocenters. The van der Waals surface area contributed by atoms with Crippen LogP contribution in [0.1, 0.15) is 17.3 Å². The summed E-state index contributed by atoms with van der Waals surface area (Å²) in [6, 6.07) is 5.97. The van der Waals surface area contributed by atoms with Gasteiger partial charge in [-0.05, 0) is 31.2 Å². The van der Waals surface area contributed by atoms with Gasteiger partial charge in [-0.25, -0.2) is 0 Å². The van der Waals surface area contributed by atoms with E-state index in [2.05, 4.69) is 6.58 Å². The lowest BCUT2D eigenvalue weighted by molar-refractivity contribution is -0.140. The third-order valence-corrected chi connectivity index (χ3v) is 2.51. The molecule has 0 spiro atoms. The Balaban J connectivity index is 2.77. The number of carbonyl (C=O) groups is 1. The molecule has 6 heteroatoms. The van der Waals surface area contributed by atoms with Crippen LogP contribution in [0.4, 0.5) is 13.2 Å². The zero-order chi connectivity index (χ0) is 15.2. The Morgan fingerprint density at radius 3 is 2.40 bits per heavy atom. The molecule has 0 saturated heterocycles. The number of benzene rings is 1. The third-order valence-electron chi connectivity index (χ3n) is 2.51. The number of halogens is 3. The highest BCUT2D eigenvalue weighted by molar-refractivity contribution is 5.94. The van der Waals surface area contributed by atoms with Gasteiger partial charge in [-0.15, -0.1) is 0 Å². The standard InChI is InChI=1S/C14H16F3NO2/c1-3-9-20-12-7-5-11(6-8-12)13(19)18(4-2)10-14(15,16)17/h3,5-8H,1,4,9-10H2,2H3. The van der Waals surface area contributed by atoms with E-state index in [-0.39, 0.29) is 12.1 Å². The third kappa shape index (κ3) is 4.95. The number of hydrogen-bond donors (Lipinski definition) is 0. The molecule has 0 N–H and O–H groups in total. The lowest BCUT2D eigenvalue weighted by atomic mass is 10.2. The highest BCUT2D eigenvalue weighted by Gasteiger charge is 2.32. The number of rotatable bonds is 6. The van der Waals surface area contributed by atoms with Crippen LogP contribution in [-0.2, 0) is 0 Å². The number of nitrogens with zero attached hydrogens (tertiary/aromatic N) is 1. The molecule has 110 valence electrons. The lowest BCUT2D eigenvalue weighted by Gasteiger charge is -2.22. The average molecular weight is 287 g/mol. The molecule has 20 heavy (non-hydrogen) atoms. The van der Waals surface area contributed by atoms with E-state index in [1.807, 2.05) is 0 Å². The summed E-state index contributed by atoms with van der Waals surface area (Å²) in [6.45, 7) is 4.06. The van der Waals surface area contributed by atoms with Crippen molar-refractivity contribution in [3.05, 3.63) is 42.5 Å². The van der Waals surface area contributed by atoms with Gasteiger partial charge in [0.1, 0.15) is 18.9 Å². The van der Waals surface area contributed by atoms with Crippen LogP contribution in [0.3, 0.4) is 0 Å². The Kier molecular flexibility index (Phi) is 5.61. The van der Waals surface area contributed by atoms with Crippen molar-refractivity contribution in [2.45, 2.75) is 13.1 Å². The first-order valence-corrected chi connectivity index (χ1v) is 6.07. The van der Waals surface area contributed by atoms with Crippen LogP contribution in [0.5, 0.6) is 5.75 Å². The van der Waals surface area contributed by atoms with E-state index in [4.69, 9.17) is 4.74 Å². The summed E-state index contributed by atoms with van der Waals surface area (Å²) in [6.07, 6.45) is -2.83. The molecular weight excluding hydrogens is 271 g/mol. The lowest BCUT2D eigenvalue weighted by Crippen LogP contribution is -2.38. The van der Waals surface area contributed by atoms with Crippen LogP contribution in [-0.4, -0.2) is 36.7 Å². The molecule has 0 unspecified atom stereocenters. The van der Waals surface area contributed by atoms with Gasteiger partial charge in [0.05, 0.1) is 0 Å². The smallest absolute Gasteiger partial charge is 0.406 e. The molecule has 1 aromatic carbocycles. The maximum absolute atomic E-state index is 12.3. The van der Waals surface area contributed by atoms with Gasteiger partial charge in [-0.1, -0.05) is 12.7 Å². The quantitative estimate of drug-likeness (QED) is 0.751. The van der Waals surface area contributed by atoms with Crippen molar-refractivity contribution in [3.8, 4) is 5.75 Å².